The molecule has 2 aromatic heterocycles. The summed E-state index contributed by atoms with van der Waals surface area (Å²) < 4.78 is 12.5. The number of hydrogen-bond donors (Lipinski definition) is 1. The van der Waals surface area contributed by atoms with Gasteiger partial charge < -0.3 is 19.8 Å². The lowest BCUT2D eigenvalue weighted by molar-refractivity contribution is -0.142. The highest BCUT2D eigenvalue weighted by Gasteiger charge is 2.17. The maximum absolute atomic E-state index is 5.96. The Hall–Kier alpha value is -1.44. The first kappa shape index (κ1) is 11.6. The van der Waals surface area contributed by atoms with Crippen LogP contribution in [0.1, 0.15) is 6.42 Å². The van der Waals surface area contributed by atoms with Gasteiger partial charge in [-0.2, -0.15) is 9.97 Å². The second-order valence-electron chi connectivity index (χ2n) is 4.05. The third kappa shape index (κ3) is 2.12. The summed E-state index contributed by atoms with van der Waals surface area (Å²) in [4.78, 5) is 12.2. The van der Waals surface area contributed by atoms with Crippen LogP contribution in [0.15, 0.2) is 6.33 Å². The molecule has 1 atom stereocenters. The zero-order chi connectivity index (χ0) is 12.5. The van der Waals surface area contributed by atoms with E-state index in [0.717, 1.165) is 6.42 Å². The number of nitrogens with zero attached hydrogens (tertiary/aromatic N) is 4. The molecular formula is C10H12ClN5O2. The number of imidazole rings is 1. The van der Waals surface area contributed by atoms with Gasteiger partial charge in [-0.3, -0.25) is 0 Å². The van der Waals surface area contributed by atoms with E-state index in [0.29, 0.717) is 31.1 Å². The largest absolute Gasteiger partial charge is 0.368 e. The molecule has 0 spiro atoms. The molecule has 7 nitrogen and oxygen atoms in total. The molecule has 0 radical (unpaired) electrons. The quantitative estimate of drug-likeness (QED) is 0.812. The van der Waals surface area contributed by atoms with Crippen molar-refractivity contribution in [2.24, 2.45) is 0 Å². The lowest BCUT2D eigenvalue weighted by atomic mass is 10.2. The van der Waals surface area contributed by atoms with Crippen LogP contribution >= 0.6 is 11.6 Å². The summed E-state index contributed by atoms with van der Waals surface area (Å²) in [7, 11) is 0. The summed E-state index contributed by atoms with van der Waals surface area (Å²) >= 11 is 5.96. The Labute approximate surface area is 108 Å². The van der Waals surface area contributed by atoms with E-state index in [-0.39, 0.29) is 17.2 Å². The molecule has 1 unspecified atom stereocenters. The van der Waals surface area contributed by atoms with Crippen molar-refractivity contribution in [3.05, 3.63) is 11.5 Å². The van der Waals surface area contributed by atoms with Crippen LogP contribution in [0, 0.1) is 0 Å². The summed E-state index contributed by atoms with van der Waals surface area (Å²) in [5, 5.41) is 0.268. The Morgan fingerprint density at radius 1 is 1.50 bits per heavy atom. The lowest BCUT2D eigenvalue weighted by Gasteiger charge is -2.23. The fourth-order valence-electron chi connectivity index (χ4n) is 1.92. The van der Waals surface area contributed by atoms with Gasteiger partial charge in [-0.15, -0.1) is 0 Å². The molecule has 0 saturated carbocycles. The van der Waals surface area contributed by atoms with Crippen molar-refractivity contribution >= 4 is 28.7 Å². The van der Waals surface area contributed by atoms with Crippen LogP contribution in [0.3, 0.4) is 0 Å². The number of ether oxygens (including phenoxy) is 2. The lowest BCUT2D eigenvalue weighted by Crippen LogP contribution is -2.27. The third-order valence-corrected chi connectivity index (χ3v) is 3.07. The normalized spacial score (nSPS) is 20.4. The Balaban J connectivity index is 1.92. The summed E-state index contributed by atoms with van der Waals surface area (Å²) in [6.45, 7) is 1.68. The van der Waals surface area contributed by atoms with Gasteiger partial charge >= 0.3 is 0 Å². The molecule has 1 aliphatic heterocycles. The zero-order valence-corrected chi connectivity index (χ0v) is 10.3. The van der Waals surface area contributed by atoms with Gasteiger partial charge in [-0.25, -0.2) is 4.98 Å². The van der Waals surface area contributed by atoms with Gasteiger partial charge in [0.15, 0.2) is 10.8 Å². The molecule has 0 aromatic carbocycles. The van der Waals surface area contributed by atoms with Crippen molar-refractivity contribution in [3.8, 4) is 0 Å². The summed E-state index contributed by atoms with van der Waals surface area (Å²) in [5.41, 5.74) is 6.77. The average Bonchev–Trinajstić information content (AvgIpc) is 2.74. The number of nitrogen functional groups attached to an aromatic ring is 1. The molecule has 18 heavy (non-hydrogen) atoms. The van der Waals surface area contributed by atoms with Gasteiger partial charge in [0.1, 0.15) is 12.3 Å². The molecule has 96 valence electrons. The highest BCUT2D eigenvalue weighted by atomic mass is 35.5. The van der Waals surface area contributed by atoms with Crippen LogP contribution in [0.5, 0.6) is 0 Å². The maximum atomic E-state index is 5.96. The van der Waals surface area contributed by atoms with Crippen LogP contribution in [0.4, 0.5) is 5.95 Å². The standard InChI is InChI=1S/C10H12ClN5O2/c11-8-7-9(15-10(12)14-8)16(4-13-7)3-6-1-2-17-5-18-6/h4,6H,1-3,5H2,(H2,12,14,15). The molecule has 1 fully saturated rings. The smallest absolute Gasteiger partial charge is 0.223 e. The molecule has 0 aliphatic carbocycles. The molecule has 3 rings (SSSR count). The number of halogens is 1. The van der Waals surface area contributed by atoms with Gasteiger partial charge in [0.05, 0.1) is 25.6 Å². The minimum Gasteiger partial charge on any atom is -0.368 e. The van der Waals surface area contributed by atoms with E-state index < -0.39 is 0 Å². The predicted molar refractivity (Wildman–Crippen MR) is 65.1 cm³/mol. The second-order valence-corrected chi connectivity index (χ2v) is 4.40. The fourth-order valence-corrected chi connectivity index (χ4v) is 2.14. The molecule has 1 aliphatic rings. The summed E-state index contributed by atoms with van der Waals surface area (Å²) in [6.07, 6.45) is 2.60. The second kappa shape index (κ2) is 4.68. The minimum atomic E-state index is 0.0890. The summed E-state index contributed by atoms with van der Waals surface area (Å²) in [6, 6.07) is 0. The number of rotatable bonds is 2. The minimum absolute atomic E-state index is 0.0890. The average molecular weight is 270 g/mol. The number of anilines is 1. The molecule has 2 aromatic rings. The Bertz CT molecular complexity index is 567. The van der Waals surface area contributed by atoms with E-state index in [1.165, 1.54) is 0 Å². The monoisotopic (exact) mass is 269 g/mol. The first-order valence-corrected chi connectivity index (χ1v) is 5.95. The first-order chi connectivity index (χ1) is 8.74. The Morgan fingerprint density at radius 3 is 3.17 bits per heavy atom. The highest BCUT2D eigenvalue weighted by molar-refractivity contribution is 6.33. The first-order valence-electron chi connectivity index (χ1n) is 5.57. The maximum Gasteiger partial charge on any atom is 0.223 e. The Morgan fingerprint density at radius 2 is 2.39 bits per heavy atom. The van der Waals surface area contributed by atoms with Gasteiger partial charge in [0, 0.05) is 0 Å². The van der Waals surface area contributed by atoms with Gasteiger partial charge in [0.25, 0.3) is 0 Å². The van der Waals surface area contributed by atoms with Crippen molar-refractivity contribution in [1.29, 1.82) is 0 Å². The SMILES string of the molecule is Nc1nc(Cl)c2ncn(CC3CCOCO3)c2n1. The summed E-state index contributed by atoms with van der Waals surface area (Å²) in [5.74, 6) is 0.141. The molecule has 8 heteroatoms. The van der Waals surface area contributed by atoms with Crippen LogP contribution in [-0.2, 0) is 16.0 Å². The van der Waals surface area contributed by atoms with E-state index in [4.69, 9.17) is 26.8 Å². The van der Waals surface area contributed by atoms with E-state index in [9.17, 15) is 0 Å². The number of aromatic nitrogens is 4. The number of nitrogens with two attached hydrogens (primary N) is 1. The van der Waals surface area contributed by atoms with Crippen molar-refractivity contribution < 1.29 is 9.47 Å². The van der Waals surface area contributed by atoms with Crippen molar-refractivity contribution in [3.63, 3.8) is 0 Å². The molecule has 0 amide bonds. The van der Waals surface area contributed by atoms with Crippen LogP contribution in [-0.4, -0.2) is 39.0 Å². The molecular weight excluding hydrogens is 258 g/mol. The zero-order valence-electron chi connectivity index (χ0n) is 9.54. The topological polar surface area (TPSA) is 88.1 Å². The Kier molecular flexibility index (Phi) is 3.02. The van der Waals surface area contributed by atoms with Gasteiger partial charge in [-0.05, 0) is 6.42 Å². The number of hydrogen-bond acceptors (Lipinski definition) is 6. The van der Waals surface area contributed by atoms with Crippen LogP contribution in [0.25, 0.3) is 11.2 Å². The molecule has 0 bridgehead atoms. The van der Waals surface area contributed by atoms with E-state index in [2.05, 4.69) is 15.0 Å². The van der Waals surface area contributed by atoms with E-state index in [1.54, 1.807) is 6.33 Å². The molecule has 1 saturated heterocycles. The predicted octanol–water partition coefficient (Wildman–Crippen LogP) is 0.825. The van der Waals surface area contributed by atoms with Crippen molar-refractivity contribution in [1.82, 2.24) is 19.5 Å². The van der Waals surface area contributed by atoms with Crippen LogP contribution in [0.2, 0.25) is 5.15 Å². The van der Waals surface area contributed by atoms with Gasteiger partial charge in [-0.1, -0.05) is 11.6 Å². The highest BCUT2D eigenvalue weighted by Crippen LogP contribution is 2.20. The molecule has 2 N–H and O–H groups in total. The fraction of sp³-hybridized carbons (Fsp3) is 0.500. The van der Waals surface area contributed by atoms with Gasteiger partial charge in [0.2, 0.25) is 5.95 Å². The molecule has 3 heterocycles. The van der Waals surface area contributed by atoms with Crippen LogP contribution < -0.4 is 5.73 Å². The number of fused-ring (bicyclic) bond motifs is 1. The van der Waals surface area contributed by atoms with Crippen molar-refractivity contribution in [2.45, 2.75) is 19.1 Å². The van der Waals surface area contributed by atoms with E-state index >= 15 is 0 Å². The van der Waals surface area contributed by atoms with E-state index in [1.807, 2.05) is 4.57 Å². The van der Waals surface area contributed by atoms with Crippen molar-refractivity contribution in [2.75, 3.05) is 19.1 Å². The third-order valence-electron chi connectivity index (χ3n) is 2.81.